The summed E-state index contributed by atoms with van der Waals surface area (Å²) in [7, 11) is 0. The van der Waals surface area contributed by atoms with Crippen LogP contribution in [0.25, 0.3) is 0 Å². The molecule has 0 aromatic carbocycles. The Morgan fingerprint density at radius 2 is 2.08 bits per heavy atom. The molecule has 1 aliphatic rings. The first-order chi connectivity index (χ1) is 12.1. The van der Waals surface area contributed by atoms with Crippen molar-refractivity contribution < 1.29 is 4.74 Å². The molecule has 0 spiro atoms. The average Bonchev–Trinajstić information content (AvgIpc) is 2.65. The molecule has 1 aliphatic heterocycles. The second kappa shape index (κ2) is 10.2. The van der Waals surface area contributed by atoms with E-state index in [9.17, 15) is 0 Å². The largest absolute Gasteiger partial charge is 0.490 e. The van der Waals surface area contributed by atoms with Gasteiger partial charge in [0.15, 0.2) is 5.96 Å². The fourth-order valence-electron chi connectivity index (χ4n) is 2.98. The topological polar surface area (TPSA) is 61.8 Å². The van der Waals surface area contributed by atoms with Gasteiger partial charge in [-0.15, -0.1) is 0 Å². The number of hydrogen-bond acceptors (Lipinski definition) is 4. The van der Waals surface area contributed by atoms with Gasteiger partial charge >= 0.3 is 0 Å². The molecule has 0 radical (unpaired) electrons. The van der Waals surface area contributed by atoms with Crippen molar-refractivity contribution in [3.63, 3.8) is 0 Å². The molecular formula is C19H33N5O. The van der Waals surface area contributed by atoms with Crippen molar-refractivity contribution in [3.8, 4) is 5.75 Å². The van der Waals surface area contributed by atoms with Crippen LogP contribution in [-0.2, 0) is 0 Å². The summed E-state index contributed by atoms with van der Waals surface area (Å²) in [6.07, 6.45) is 7.43. The van der Waals surface area contributed by atoms with E-state index in [2.05, 4.69) is 41.3 Å². The standard InChI is InChI=1S/C19H33N5O/c1-4-21-18(22-11-14-25-17-9-8-10-20-15-17)23-16-19(2,3)24-12-6-5-7-13-24/h8-10,15H,4-7,11-14,16H2,1-3H3,(H2,21,22,23). The number of rotatable bonds is 8. The lowest BCUT2D eigenvalue weighted by molar-refractivity contribution is 0.102. The fraction of sp³-hybridized carbons (Fsp3) is 0.684. The molecule has 1 fully saturated rings. The number of likely N-dealkylation sites (tertiary alicyclic amines) is 1. The van der Waals surface area contributed by atoms with E-state index in [1.165, 1.54) is 32.4 Å². The van der Waals surface area contributed by atoms with Gasteiger partial charge in [0.25, 0.3) is 0 Å². The van der Waals surface area contributed by atoms with Crippen LogP contribution < -0.4 is 15.4 Å². The molecule has 0 aliphatic carbocycles. The Kier molecular flexibility index (Phi) is 7.98. The minimum absolute atomic E-state index is 0.0922. The second-order valence-corrected chi connectivity index (χ2v) is 7.02. The minimum atomic E-state index is 0.0922. The maximum absolute atomic E-state index is 5.66. The molecule has 1 aromatic rings. The molecule has 1 saturated heterocycles. The predicted octanol–water partition coefficient (Wildman–Crippen LogP) is 2.28. The van der Waals surface area contributed by atoms with Gasteiger partial charge in [0, 0.05) is 18.3 Å². The first-order valence-corrected chi connectivity index (χ1v) is 9.42. The van der Waals surface area contributed by atoms with Crippen LogP contribution in [0.4, 0.5) is 0 Å². The quantitative estimate of drug-likeness (QED) is 0.429. The van der Waals surface area contributed by atoms with Gasteiger partial charge in [-0.05, 0) is 58.8 Å². The summed E-state index contributed by atoms with van der Waals surface area (Å²) in [5.41, 5.74) is 0.0922. The zero-order chi connectivity index (χ0) is 18.0. The Balaban J connectivity index is 1.78. The van der Waals surface area contributed by atoms with Gasteiger partial charge in [-0.25, -0.2) is 0 Å². The zero-order valence-electron chi connectivity index (χ0n) is 15.9. The van der Waals surface area contributed by atoms with Gasteiger partial charge in [-0.2, -0.15) is 0 Å². The second-order valence-electron chi connectivity index (χ2n) is 7.02. The van der Waals surface area contributed by atoms with E-state index in [0.29, 0.717) is 13.2 Å². The Bertz CT molecular complexity index is 512. The predicted molar refractivity (Wildman–Crippen MR) is 103 cm³/mol. The van der Waals surface area contributed by atoms with E-state index in [1.54, 1.807) is 12.4 Å². The van der Waals surface area contributed by atoms with Gasteiger partial charge in [0.1, 0.15) is 12.4 Å². The number of piperidine rings is 1. The van der Waals surface area contributed by atoms with Crippen LogP contribution >= 0.6 is 0 Å². The molecule has 6 heteroatoms. The lowest BCUT2D eigenvalue weighted by atomic mass is 9.99. The van der Waals surface area contributed by atoms with E-state index in [1.807, 2.05) is 12.1 Å². The van der Waals surface area contributed by atoms with Crippen LogP contribution in [0, 0.1) is 0 Å². The van der Waals surface area contributed by atoms with Gasteiger partial charge in [0.05, 0.1) is 19.3 Å². The van der Waals surface area contributed by atoms with Crippen LogP contribution in [0.3, 0.4) is 0 Å². The lowest BCUT2D eigenvalue weighted by Crippen LogP contribution is -2.49. The van der Waals surface area contributed by atoms with Crippen molar-refractivity contribution >= 4 is 5.96 Å². The molecule has 0 bridgehead atoms. The van der Waals surface area contributed by atoms with Crippen LogP contribution in [0.5, 0.6) is 5.75 Å². The van der Waals surface area contributed by atoms with Crippen molar-refractivity contribution in [2.75, 3.05) is 39.3 Å². The van der Waals surface area contributed by atoms with E-state index in [4.69, 9.17) is 9.73 Å². The molecule has 0 amide bonds. The summed E-state index contributed by atoms with van der Waals surface area (Å²) in [4.78, 5) is 11.4. The van der Waals surface area contributed by atoms with Gasteiger partial charge < -0.3 is 15.4 Å². The Labute approximate surface area is 152 Å². The zero-order valence-corrected chi connectivity index (χ0v) is 15.9. The van der Waals surface area contributed by atoms with Crippen LogP contribution in [0.2, 0.25) is 0 Å². The number of hydrogen-bond donors (Lipinski definition) is 2. The molecular weight excluding hydrogens is 314 g/mol. The average molecular weight is 348 g/mol. The SMILES string of the molecule is CCNC(=NCC(C)(C)N1CCCCC1)NCCOc1cccnc1. The molecule has 2 N–H and O–H groups in total. The molecule has 0 saturated carbocycles. The number of guanidine groups is 1. The highest BCUT2D eigenvalue weighted by molar-refractivity contribution is 5.79. The maximum atomic E-state index is 5.66. The number of ether oxygens (including phenoxy) is 1. The van der Waals surface area contributed by atoms with Gasteiger partial charge in [-0.3, -0.25) is 14.9 Å². The smallest absolute Gasteiger partial charge is 0.191 e. The molecule has 2 rings (SSSR count). The first-order valence-electron chi connectivity index (χ1n) is 9.42. The Hall–Kier alpha value is -1.82. The van der Waals surface area contributed by atoms with Gasteiger partial charge in [-0.1, -0.05) is 6.42 Å². The summed E-state index contributed by atoms with van der Waals surface area (Å²) in [5.74, 6) is 1.64. The number of pyridine rings is 1. The van der Waals surface area contributed by atoms with Crippen molar-refractivity contribution in [1.29, 1.82) is 0 Å². The molecule has 0 unspecified atom stereocenters. The third-order valence-electron chi connectivity index (χ3n) is 4.48. The Morgan fingerprint density at radius 1 is 1.28 bits per heavy atom. The van der Waals surface area contributed by atoms with E-state index < -0.39 is 0 Å². The number of aliphatic imine (C=N–C) groups is 1. The summed E-state index contributed by atoms with van der Waals surface area (Å²) in [6.45, 7) is 11.9. The fourth-order valence-corrected chi connectivity index (χ4v) is 2.98. The van der Waals surface area contributed by atoms with Crippen molar-refractivity contribution in [3.05, 3.63) is 24.5 Å². The van der Waals surface area contributed by atoms with Crippen LogP contribution in [0.15, 0.2) is 29.5 Å². The third kappa shape index (κ3) is 6.90. The monoisotopic (exact) mass is 347 g/mol. The lowest BCUT2D eigenvalue weighted by Gasteiger charge is -2.40. The first kappa shape index (κ1) is 19.5. The van der Waals surface area contributed by atoms with E-state index >= 15 is 0 Å². The summed E-state index contributed by atoms with van der Waals surface area (Å²) >= 11 is 0. The minimum Gasteiger partial charge on any atom is -0.490 e. The third-order valence-corrected chi connectivity index (χ3v) is 4.48. The highest BCUT2D eigenvalue weighted by atomic mass is 16.5. The van der Waals surface area contributed by atoms with Crippen molar-refractivity contribution in [2.45, 2.75) is 45.6 Å². The number of nitrogens with one attached hydrogen (secondary N) is 2. The maximum Gasteiger partial charge on any atom is 0.191 e. The van der Waals surface area contributed by atoms with E-state index in [-0.39, 0.29) is 5.54 Å². The molecule has 6 nitrogen and oxygen atoms in total. The van der Waals surface area contributed by atoms with Crippen molar-refractivity contribution in [2.24, 2.45) is 4.99 Å². The molecule has 2 heterocycles. The highest BCUT2D eigenvalue weighted by Gasteiger charge is 2.27. The summed E-state index contributed by atoms with van der Waals surface area (Å²) < 4.78 is 5.66. The normalized spacial score (nSPS) is 16.5. The van der Waals surface area contributed by atoms with Crippen LogP contribution in [0.1, 0.15) is 40.0 Å². The summed E-state index contributed by atoms with van der Waals surface area (Å²) in [5, 5.41) is 6.65. The summed E-state index contributed by atoms with van der Waals surface area (Å²) in [6, 6.07) is 3.78. The van der Waals surface area contributed by atoms with Crippen LogP contribution in [-0.4, -0.2) is 60.7 Å². The molecule has 140 valence electrons. The number of aromatic nitrogens is 1. The highest BCUT2D eigenvalue weighted by Crippen LogP contribution is 2.20. The van der Waals surface area contributed by atoms with Crippen molar-refractivity contribution in [1.82, 2.24) is 20.5 Å². The molecule has 25 heavy (non-hydrogen) atoms. The molecule has 0 atom stereocenters. The molecule has 1 aromatic heterocycles. The van der Waals surface area contributed by atoms with E-state index in [0.717, 1.165) is 24.8 Å². The Morgan fingerprint density at radius 3 is 2.76 bits per heavy atom. The number of nitrogens with zero attached hydrogens (tertiary/aromatic N) is 3. The van der Waals surface area contributed by atoms with Gasteiger partial charge in [0.2, 0.25) is 0 Å².